The number of nitrogens with zero attached hydrogens (tertiary/aromatic N) is 2. The van der Waals surface area contributed by atoms with E-state index in [1.807, 2.05) is 25.2 Å². The van der Waals surface area contributed by atoms with Gasteiger partial charge in [-0.1, -0.05) is 22.9 Å². The summed E-state index contributed by atoms with van der Waals surface area (Å²) < 4.78 is 7.11. The van der Waals surface area contributed by atoms with Crippen LogP contribution in [0.2, 0.25) is 0 Å². The highest BCUT2D eigenvalue weighted by atomic mass is 79.9. The lowest BCUT2D eigenvalue weighted by molar-refractivity contribution is 0.415. The lowest BCUT2D eigenvalue weighted by Crippen LogP contribution is -2.03. The zero-order chi connectivity index (χ0) is 14.7. The molecule has 1 aromatic carbocycles. The number of nitrogens with one attached hydrogen (secondary N) is 1. The quantitative estimate of drug-likeness (QED) is 0.831. The maximum atomic E-state index is 5.27. The van der Waals surface area contributed by atoms with E-state index < -0.39 is 0 Å². The summed E-state index contributed by atoms with van der Waals surface area (Å²) in [7, 11) is 3.49. The molecule has 2 aromatic rings. The highest BCUT2D eigenvalue weighted by Gasteiger charge is 2.14. The third kappa shape index (κ3) is 2.96. The molecule has 0 aliphatic heterocycles. The molecule has 4 nitrogen and oxygen atoms in total. The number of aryl methyl sites for hydroxylation is 1. The van der Waals surface area contributed by atoms with E-state index in [9.17, 15) is 0 Å². The first-order chi connectivity index (χ1) is 9.60. The zero-order valence-corrected chi connectivity index (χ0v) is 14.7. The Morgan fingerprint density at radius 3 is 2.60 bits per heavy atom. The van der Waals surface area contributed by atoms with Gasteiger partial charge in [0.25, 0.3) is 0 Å². The fourth-order valence-corrected chi connectivity index (χ4v) is 2.90. The third-order valence-electron chi connectivity index (χ3n) is 2.91. The molecule has 0 aliphatic rings. The number of anilines is 1. The first-order valence-corrected chi connectivity index (χ1v) is 7.77. The van der Waals surface area contributed by atoms with E-state index in [0.717, 1.165) is 38.2 Å². The van der Waals surface area contributed by atoms with Gasteiger partial charge in [-0.15, -0.1) is 0 Å². The van der Waals surface area contributed by atoms with Crippen molar-refractivity contribution in [2.75, 3.05) is 19.5 Å². The van der Waals surface area contributed by atoms with E-state index in [-0.39, 0.29) is 0 Å². The standard InChI is InChI=1S/C14H15Br2N3O/c1-4-11-12(16)14(17-2)19-13(18-11)9-7-8(20-3)5-6-10(9)15/h5-7H,4H2,1-3H3,(H,17,18,19). The van der Waals surface area contributed by atoms with Crippen molar-refractivity contribution in [1.82, 2.24) is 9.97 Å². The molecule has 0 aliphatic carbocycles. The fourth-order valence-electron chi connectivity index (χ4n) is 1.82. The van der Waals surface area contributed by atoms with Gasteiger partial charge in [0.05, 0.1) is 17.3 Å². The van der Waals surface area contributed by atoms with Gasteiger partial charge < -0.3 is 10.1 Å². The molecule has 6 heteroatoms. The van der Waals surface area contributed by atoms with E-state index in [1.165, 1.54) is 0 Å². The summed E-state index contributed by atoms with van der Waals surface area (Å²) in [6.07, 6.45) is 0.826. The van der Waals surface area contributed by atoms with Crippen LogP contribution < -0.4 is 10.1 Å². The molecular weight excluding hydrogens is 386 g/mol. The molecule has 0 saturated heterocycles. The van der Waals surface area contributed by atoms with Crippen LogP contribution in [-0.4, -0.2) is 24.1 Å². The normalized spacial score (nSPS) is 10.4. The highest BCUT2D eigenvalue weighted by molar-refractivity contribution is 9.11. The van der Waals surface area contributed by atoms with Crippen LogP contribution in [0, 0.1) is 0 Å². The van der Waals surface area contributed by atoms with Gasteiger partial charge in [0.2, 0.25) is 0 Å². The van der Waals surface area contributed by atoms with E-state index >= 15 is 0 Å². The largest absolute Gasteiger partial charge is 0.497 e. The maximum Gasteiger partial charge on any atom is 0.163 e. The zero-order valence-electron chi connectivity index (χ0n) is 11.5. The molecule has 1 heterocycles. The number of aromatic nitrogens is 2. The Balaban J connectivity index is 2.63. The lowest BCUT2D eigenvalue weighted by Gasteiger charge is -2.12. The second kappa shape index (κ2) is 6.54. The van der Waals surface area contributed by atoms with E-state index in [1.54, 1.807) is 7.11 Å². The van der Waals surface area contributed by atoms with Crippen LogP contribution in [0.5, 0.6) is 5.75 Å². The van der Waals surface area contributed by atoms with Crippen molar-refractivity contribution in [3.05, 3.63) is 32.8 Å². The Bertz CT molecular complexity index is 607. The van der Waals surface area contributed by atoms with Gasteiger partial charge >= 0.3 is 0 Å². The van der Waals surface area contributed by atoms with Gasteiger partial charge in [0, 0.05) is 17.1 Å². The molecular formula is C14H15Br2N3O. The molecule has 1 aromatic heterocycles. The minimum atomic E-state index is 0.667. The van der Waals surface area contributed by atoms with Gasteiger partial charge in [-0.3, -0.25) is 0 Å². The summed E-state index contributed by atoms with van der Waals surface area (Å²) in [6.45, 7) is 2.07. The van der Waals surface area contributed by atoms with Crippen molar-refractivity contribution in [3.8, 4) is 17.1 Å². The predicted molar refractivity (Wildman–Crippen MR) is 88.3 cm³/mol. The lowest BCUT2D eigenvalue weighted by atomic mass is 10.2. The molecule has 0 saturated carbocycles. The van der Waals surface area contributed by atoms with E-state index in [4.69, 9.17) is 4.74 Å². The average molecular weight is 401 g/mol. The van der Waals surface area contributed by atoms with Gasteiger partial charge in [-0.2, -0.15) is 0 Å². The van der Waals surface area contributed by atoms with Crippen LogP contribution in [0.4, 0.5) is 5.82 Å². The number of benzene rings is 1. The number of methoxy groups -OCH3 is 1. The predicted octanol–water partition coefficient (Wildman–Crippen LogP) is 4.28. The Labute approximate surface area is 135 Å². The summed E-state index contributed by atoms with van der Waals surface area (Å²) in [6, 6.07) is 5.75. The molecule has 0 amide bonds. The smallest absolute Gasteiger partial charge is 0.163 e. The molecule has 0 atom stereocenters. The molecule has 20 heavy (non-hydrogen) atoms. The molecule has 0 unspecified atom stereocenters. The van der Waals surface area contributed by atoms with E-state index in [2.05, 4.69) is 54.1 Å². The van der Waals surface area contributed by atoms with Crippen LogP contribution in [0.15, 0.2) is 27.1 Å². The Morgan fingerprint density at radius 2 is 2.00 bits per heavy atom. The Hall–Kier alpha value is -1.14. The molecule has 0 fully saturated rings. The monoisotopic (exact) mass is 399 g/mol. The molecule has 0 spiro atoms. The van der Waals surface area contributed by atoms with Crippen molar-refractivity contribution in [3.63, 3.8) is 0 Å². The third-order valence-corrected chi connectivity index (χ3v) is 4.43. The molecule has 0 radical (unpaired) electrons. The Morgan fingerprint density at radius 1 is 1.25 bits per heavy atom. The second-order valence-electron chi connectivity index (χ2n) is 4.11. The van der Waals surface area contributed by atoms with Crippen molar-refractivity contribution in [2.45, 2.75) is 13.3 Å². The summed E-state index contributed by atoms with van der Waals surface area (Å²) in [5.74, 6) is 2.22. The summed E-state index contributed by atoms with van der Waals surface area (Å²) in [5.41, 5.74) is 1.87. The summed E-state index contributed by atoms with van der Waals surface area (Å²) in [4.78, 5) is 9.17. The van der Waals surface area contributed by atoms with Crippen molar-refractivity contribution in [1.29, 1.82) is 0 Å². The van der Waals surface area contributed by atoms with Crippen LogP contribution in [0.1, 0.15) is 12.6 Å². The average Bonchev–Trinajstić information content (AvgIpc) is 2.48. The molecule has 1 N–H and O–H groups in total. The van der Waals surface area contributed by atoms with Crippen molar-refractivity contribution < 1.29 is 4.74 Å². The van der Waals surface area contributed by atoms with Gasteiger partial charge in [0.1, 0.15) is 11.6 Å². The van der Waals surface area contributed by atoms with Gasteiger partial charge in [-0.05, 0) is 40.5 Å². The van der Waals surface area contributed by atoms with Crippen molar-refractivity contribution >= 4 is 37.7 Å². The van der Waals surface area contributed by atoms with Crippen molar-refractivity contribution in [2.24, 2.45) is 0 Å². The minimum Gasteiger partial charge on any atom is -0.497 e. The number of hydrogen-bond donors (Lipinski definition) is 1. The highest BCUT2D eigenvalue weighted by Crippen LogP contribution is 2.33. The van der Waals surface area contributed by atoms with E-state index in [0.29, 0.717) is 5.82 Å². The van der Waals surface area contributed by atoms with Crippen LogP contribution in [0.25, 0.3) is 11.4 Å². The summed E-state index contributed by atoms with van der Waals surface area (Å²) in [5, 5.41) is 3.08. The van der Waals surface area contributed by atoms with Gasteiger partial charge in [-0.25, -0.2) is 9.97 Å². The molecule has 106 valence electrons. The van der Waals surface area contributed by atoms with Gasteiger partial charge in [0.15, 0.2) is 5.82 Å². The Kier molecular flexibility index (Phi) is 4.99. The number of rotatable bonds is 4. The first kappa shape index (κ1) is 15.3. The SMILES string of the molecule is CCc1nc(-c2cc(OC)ccc2Br)nc(NC)c1Br. The second-order valence-corrected chi connectivity index (χ2v) is 5.75. The first-order valence-electron chi connectivity index (χ1n) is 6.18. The van der Waals surface area contributed by atoms with Crippen LogP contribution >= 0.6 is 31.9 Å². The molecule has 2 rings (SSSR count). The fraction of sp³-hybridized carbons (Fsp3) is 0.286. The number of ether oxygens (including phenoxy) is 1. The molecule has 0 bridgehead atoms. The summed E-state index contributed by atoms with van der Waals surface area (Å²) >= 11 is 7.07. The topological polar surface area (TPSA) is 47.0 Å². The minimum absolute atomic E-state index is 0.667. The van der Waals surface area contributed by atoms with Crippen LogP contribution in [-0.2, 0) is 6.42 Å². The maximum absolute atomic E-state index is 5.27. The number of halogens is 2. The number of hydrogen-bond acceptors (Lipinski definition) is 4. The van der Waals surface area contributed by atoms with Crippen LogP contribution in [0.3, 0.4) is 0 Å².